The molecule has 0 amide bonds. The van der Waals surface area contributed by atoms with Gasteiger partial charge in [0.15, 0.2) is 0 Å². The largest absolute Gasteiger partial charge is 0.382 e. The van der Waals surface area contributed by atoms with Crippen LogP contribution in [0, 0.1) is 0 Å². The van der Waals surface area contributed by atoms with Crippen LogP contribution in [0.1, 0.15) is 77.6 Å². The van der Waals surface area contributed by atoms with Gasteiger partial charge in [-0.25, -0.2) is 0 Å². The van der Waals surface area contributed by atoms with Crippen molar-refractivity contribution in [3.8, 4) is 0 Å². The minimum absolute atomic E-state index is 0.863. The first-order valence-corrected chi connectivity index (χ1v) is 7.69. The molecule has 0 aromatic carbocycles. The van der Waals surface area contributed by atoms with Gasteiger partial charge in [0.25, 0.3) is 0 Å². The molecule has 2 nitrogen and oxygen atoms in total. The average Bonchev–Trinajstić information content (AvgIpc) is 2.35. The molecule has 0 bridgehead atoms. The van der Waals surface area contributed by atoms with Gasteiger partial charge in [0, 0.05) is 13.2 Å². The molecule has 17 heavy (non-hydrogen) atoms. The van der Waals surface area contributed by atoms with E-state index in [-0.39, 0.29) is 0 Å². The first-order valence-electron chi connectivity index (χ1n) is 7.69. The molecule has 0 aliphatic rings. The molecule has 0 aromatic rings. The van der Waals surface area contributed by atoms with Gasteiger partial charge in [-0.05, 0) is 26.3 Å². The maximum atomic E-state index is 5.46. The molecule has 0 aliphatic carbocycles. The van der Waals surface area contributed by atoms with Gasteiger partial charge in [0.2, 0.25) is 0 Å². The molecular formula is C15H33NO. The number of rotatable bonds is 14. The number of hydrogen-bond donors (Lipinski definition) is 1. The van der Waals surface area contributed by atoms with Gasteiger partial charge in [-0.3, -0.25) is 0 Å². The van der Waals surface area contributed by atoms with Crippen LogP contribution in [0.25, 0.3) is 0 Å². The number of unbranched alkanes of at least 4 members (excludes halogenated alkanes) is 10. The summed E-state index contributed by atoms with van der Waals surface area (Å²) in [5.74, 6) is 0. The van der Waals surface area contributed by atoms with E-state index < -0.39 is 0 Å². The molecule has 0 spiro atoms. The van der Waals surface area contributed by atoms with E-state index in [4.69, 9.17) is 10.5 Å². The number of hydrogen-bond acceptors (Lipinski definition) is 2. The van der Waals surface area contributed by atoms with Crippen LogP contribution in [0.2, 0.25) is 0 Å². The van der Waals surface area contributed by atoms with Gasteiger partial charge in [0.05, 0.1) is 0 Å². The Morgan fingerprint density at radius 2 is 1.06 bits per heavy atom. The van der Waals surface area contributed by atoms with E-state index in [2.05, 4.69) is 6.92 Å². The highest BCUT2D eigenvalue weighted by atomic mass is 16.5. The average molecular weight is 243 g/mol. The second kappa shape index (κ2) is 15.9. The molecule has 0 aliphatic heterocycles. The summed E-state index contributed by atoms with van der Waals surface area (Å²) < 4.78 is 5.32. The van der Waals surface area contributed by atoms with Crippen LogP contribution in [-0.4, -0.2) is 19.8 Å². The van der Waals surface area contributed by atoms with Crippen molar-refractivity contribution < 1.29 is 4.74 Å². The van der Waals surface area contributed by atoms with Gasteiger partial charge >= 0.3 is 0 Å². The van der Waals surface area contributed by atoms with Crippen LogP contribution < -0.4 is 5.73 Å². The molecule has 0 radical (unpaired) electrons. The first-order chi connectivity index (χ1) is 8.41. The SMILES string of the molecule is CCOCCCCCCCCCCCCCN. The van der Waals surface area contributed by atoms with E-state index in [0.29, 0.717) is 0 Å². The van der Waals surface area contributed by atoms with Crippen molar-refractivity contribution in [2.75, 3.05) is 19.8 Å². The van der Waals surface area contributed by atoms with Crippen molar-refractivity contribution >= 4 is 0 Å². The van der Waals surface area contributed by atoms with E-state index >= 15 is 0 Å². The molecule has 0 rings (SSSR count). The predicted octanol–water partition coefficient (Wildman–Crippen LogP) is 4.27. The molecule has 2 heteroatoms. The van der Waals surface area contributed by atoms with E-state index in [0.717, 1.165) is 19.8 Å². The Morgan fingerprint density at radius 1 is 0.647 bits per heavy atom. The van der Waals surface area contributed by atoms with E-state index in [1.807, 2.05) is 0 Å². The highest BCUT2D eigenvalue weighted by molar-refractivity contribution is 4.48. The summed E-state index contributed by atoms with van der Waals surface area (Å²) in [5, 5.41) is 0. The third-order valence-electron chi connectivity index (χ3n) is 3.20. The van der Waals surface area contributed by atoms with Crippen molar-refractivity contribution in [2.45, 2.75) is 77.6 Å². The lowest BCUT2D eigenvalue weighted by Gasteiger charge is -2.03. The van der Waals surface area contributed by atoms with Gasteiger partial charge in [0.1, 0.15) is 0 Å². The van der Waals surface area contributed by atoms with Crippen LogP contribution in [-0.2, 0) is 4.74 Å². The van der Waals surface area contributed by atoms with E-state index in [9.17, 15) is 0 Å². The monoisotopic (exact) mass is 243 g/mol. The molecule has 0 saturated heterocycles. The first kappa shape index (κ1) is 16.9. The lowest BCUT2D eigenvalue weighted by Crippen LogP contribution is -1.97. The Morgan fingerprint density at radius 3 is 1.47 bits per heavy atom. The molecule has 0 unspecified atom stereocenters. The fourth-order valence-corrected chi connectivity index (χ4v) is 2.08. The van der Waals surface area contributed by atoms with Crippen LogP contribution in [0.3, 0.4) is 0 Å². The highest BCUT2D eigenvalue weighted by Gasteiger charge is 1.93. The third kappa shape index (κ3) is 15.9. The Bertz CT molecular complexity index is 114. The van der Waals surface area contributed by atoms with Gasteiger partial charge in [-0.15, -0.1) is 0 Å². The summed E-state index contributed by atoms with van der Waals surface area (Å²) in [6.45, 7) is 4.75. The Balaban J connectivity index is 2.85. The Hall–Kier alpha value is -0.0800. The topological polar surface area (TPSA) is 35.2 Å². The third-order valence-corrected chi connectivity index (χ3v) is 3.20. The lowest BCUT2D eigenvalue weighted by atomic mass is 10.1. The molecule has 0 saturated carbocycles. The van der Waals surface area contributed by atoms with E-state index in [1.165, 1.54) is 70.6 Å². The van der Waals surface area contributed by atoms with Crippen LogP contribution >= 0.6 is 0 Å². The zero-order chi connectivity index (χ0) is 12.6. The fourth-order valence-electron chi connectivity index (χ4n) is 2.08. The summed E-state index contributed by atoms with van der Waals surface area (Å²) in [5.41, 5.74) is 5.46. The molecular weight excluding hydrogens is 210 g/mol. The smallest absolute Gasteiger partial charge is 0.0465 e. The summed E-state index contributed by atoms with van der Waals surface area (Å²) in [6.07, 6.45) is 15.0. The van der Waals surface area contributed by atoms with Crippen LogP contribution in [0.4, 0.5) is 0 Å². The molecule has 2 N–H and O–H groups in total. The summed E-state index contributed by atoms with van der Waals surface area (Å²) in [7, 11) is 0. The molecule has 104 valence electrons. The maximum Gasteiger partial charge on any atom is 0.0465 e. The van der Waals surface area contributed by atoms with Gasteiger partial charge in [-0.1, -0.05) is 57.8 Å². The summed E-state index contributed by atoms with van der Waals surface area (Å²) in [6, 6.07) is 0. The summed E-state index contributed by atoms with van der Waals surface area (Å²) in [4.78, 5) is 0. The lowest BCUT2D eigenvalue weighted by molar-refractivity contribution is 0.143. The molecule has 0 fully saturated rings. The second-order valence-corrected chi connectivity index (χ2v) is 4.87. The van der Waals surface area contributed by atoms with Crippen molar-refractivity contribution in [1.82, 2.24) is 0 Å². The molecule has 0 heterocycles. The minimum atomic E-state index is 0.863. The number of ether oxygens (including phenoxy) is 1. The Kier molecular flexibility index (Phi) is 15.8. The fraction of sp³-hybridized carbons (Fsp3) is 1.00. The molecule has 0 aromatic heterocycles. The normalized spacial score (nSPS) is 10.9. The minimum Gasteiger partial charge on any atom is -0.382 e. The highest BCUT2D eigenvalue weighted by Crippen LogP contribution is 2.11. The van der Waals surface area contributed by atoms with Crippen LogP contribution in [0.5, 0.6) is 0 Å². The summed E-state index contributed by atoms with van der Waals surface area (Å²) >= 11 is 0. The zero-order valence-electron chi connectivity index (χ0n) is 11.9. The quantitative estimate of drug-likeness (QED) is 0.462. The van der Waals surface area contributed by atoms with E-state index in [1.54, 1.807) is 0 Å². The van der Waals surface area contributed by atoms with Crippen LogP contribution in [0.15, 0.2) is 0 Å². The second-order valence-electron chi connectivity index (χ2n) is 4.87. The molecule has 0 atom stereocenters. The maximum absolute atomic E-state index is 5.46. The van der Waals surface area contributed by atoms with Crippen molar-refractivity contribution in [3.63, 3.8) is 0 Å². The van der Waals surface area contributed by atoms with Crippen molar-refractivity contribution in [1.29, 1.82) is 0 Å². The Labute approximate surface area is 108 Å². The standard InChI is InChI=1S/C15H33NO/c1-2-17-15-13-11-9-7-5-3-4-6-8-10-12-14-16/h2-16H2,1H3. The van der Waals surface area contributed by atoms with Gasteiger partial charge < -0.3 is 10.5 Å². The van der Waals surface area contributed by atoms with Crippen molar-refractivity contribution in [2.24, 2.45) is 5.73 Å². The van der Waals surface area contributed by atoms with Crippen molar-refractivity contribution in [3.05, 3.63) is 0 Å². The number of nitrogens with two attached hydrogens (primary N) is 1. The predicted molar refractivity (Wildman–Crippen MR) is 76.3 cm³/mol. The zero-order valence-corrected chi connectivity index (χ0v) is 11.9. The van der Waals surface area contributed by atoms with Gasteiger partial charge in [-0.2, -0.15) is 0 Å².